The number of hydrogen-bond acceptors (Lipinski definition) is 4. The van der Waals surface area contributed by atoms with E-state index in [1.54, 1.807) is 20.9 Å². The van der Waals surface area contributed by atoms with Crippen LogP contribution in [0.15, 0.2) is 30.3 Å². The Labute approximate surface area is 119 Å². The fourth-order valence-electron chi connectivity index (χ4n) is 1.82. The molecule has 1 aromatic rings. The molecule has 0 aliphatic heterocycles. The normalized spacial score (nSPS) is 12.0. The number of carbonyl (C=O) groups excluding carboxylic acids is 2. The molecule has 1 aromatic carbocycles. The second kappa shape index (κ2) is 8.32. The Balaban J connectivity index is 2.74. The second-order valence-corrected chi connectivity index (χ2v) is 4.80. The summed E-state index contributed by atoms with van der Waals surface area (Å²) in [6.07, 6.45) is -0.0376. The zero-order chi connectivity index (χ0) is 15.0. The SMILES string of the molecule is CNCC(=O)NC(CC(=O)OC(C)C)c1ccccc1. The molecule has 0 bridgehead atoms. The van der Waals surface area contributed by atoms with Crippen LogP contribution in [-0.4, -0.2) is 31.6 Å². The highest BCUT2D eigenvalue weighted by molar-refractivity contribution is 5.79. The molecule has 0 radical (unpaired) electrons. The van der Waals surface area contributed by atoms with Crippen molar-refractivity contribution in [1.29, 1.82) is 0 Å². The molecule has 0 fully saturated rings. The lowest BCUT2D eigenvalue weighted by molar-refractivity contribution is -0.148. The van der Waals surface area contributed by atoms with Crippen molar-refractivity contribution >= 4 is 11.9 Å². The van der Waals surface area contributed by atoms with Crippen LogP contribution in [0.2, 0.25) is 0 Å². The van der Waals surface area contributed by atoms with E-state index in [0.29, 0.717) is 0 Å². The van der Waals surface area contributed by atoms with Crippen molar-refractivity contribution in [1.82, 2.24) is 10.6 Å². The van der Waals surface area contributed by atoms with Gasteiger partial charge in [0.25, 0.3) is 0 Å². The van der Waals surface area contributed by atoms with Crippen molar-refractivity contribution in [3.8, 4) is 0 Å². The summed E-state index contributed by atoms with van der Waals surface area (Å²) < 4.78 is 5.14. The van der Waals surface area contributed by atoms with E-state index in [1.165, 1.54) is 0 Å². The Hall–Kier alpha value is -1.88. The predicted molar refractivity (Wildman–Crippen MR) is 77.1 cm³/mol. The smallest absolute Gasteiger partial charge is 0.308 e. The molecule has 110 valence electrons. The summed E-state index contributed by atoms with van der Waals surface area (Å²) >= 11 is 0. The predicted octanol–water partition coefficient (Wildman–Crippen LogP) is 1.40. The number of amides is 1. The van der Waals surface area contributed by atoms with Crippen molar-refractivity contribution in [3.05, 3.63) is 35.9 Å². The van der Waals surface area contributed by atoms with E-state index < -0.39 is 0 Å². The van der Waals surface area contributed by atoms with Crippen molar-refractivity contribution in [2.75, 3.05) is 13.6 Å². The largest absolute Gasteiger partial charge is 0.463 e. The minimum absolute atomic E-state index is 0.123. The summed E-state index contributed by atoms with van der Waals surface area (Å²) in [5, 5.41) is 5.62. The summed E-state index contributed by atoms with van der Waals surface area (Å²) in [5.41, 5.74) is 0.887. The number of esters is 1. The average Bonchev–Trinajstić information content (AvgIpc) is 2.38. The maximum absolute atomic E-state index is 11.8. The van der Waals surface area contributed by atoms with Crippen LogP contribution in [0.1, 0.15) is 31.9 Å². The Morgan fingerprint density at radius 2 is 1.85 bits per heavy atom. The van der Waals surface area contributed by atoms with Crippen LogP contribution in [0.25, 0.3) is 0 Å². The number of ether oxygens (including phenoxy) is 1. The van der Waals surface area contributed by atoms with E-state index in [9.17, 15) is 9.59 Å². The van der Waals surface area contributed by atoms with Gasteiger partial charge in [-0.25, -0.2) is 0 Å². The highest BCUT2D eigenvalue weighted by atomic mass is 16.5. The van der Waals surface area contributed by atoms with Gasteiger partial charge in [0.05, 0.1) is 25.1 Å². The van der Waals surface area contributed by atoms with Crippen molar-refractivity contribution < 1.29 is 14.3 Å². The summed E-state index contributed by atoms with van der Waals surface area (Å²) in [6, 6.07) is 9.03. The lowest BCUT2D eigenvalue weighted by Crippen LogP contribution is -2.36. The van der Waals surface area contributed by atoms with E-state index in [2.05, 4.69) is 10.6 Å². The molecule has 2 N–H and O–H groups in total. The Kier molecular flexibility index (Phi) is 6.73. The minimum atomic E-state index is -0.372. The van der Waals surface area contributed by atoms with Crippen molar-refractivity contribution in [3.63, 3.8) is 0 Å². The monoisotopic (exact) mass is 278 g/mol. The van der Waals surface area contributed by atoms with Gasteiger partial charge < -0.3 is 15.4 Å². The molecule has 5 heteroatoms. The molecule has 0 heterocycles. The number of benzene rings is 1. The fraction of sp³-hybridized carbons (Fsp3) is 0.467. The van der Waals surface area contributed by atoms with Gasteiger partial charge in [-0.05, 0) is 26.5 Å². The highest BCUT2D eigenvalue weighted by Crippen LogP contribution is 2.17. The molecule has 0 spiro atoms. The van der Waals surface area contributed by atoms with E-state index in [-0.39, 0.29) is 37.0 Å². The molecule has 0 saturated carbocycles. The van der Waals surface area contributed by atoms with Gasteiger partial charge in [-0.1, -0.05) is 30.3 Å². The third kappa shape index (κ3) is 5.84. The Bertz CT molecular complexity index is 432. The maximum atomic E-state index is 11.8. The van der Waals surface area contributed by atoms with Crippen molar-refractivity contribution in [2.24, 2.45) is 0 Å². The Morgan fingerprint density at radius 3 is 2.40 bits per heavy atom. The molecule has 0 aliphatic rings. The molecular formula is C15H22N2O3. The summed E-state index contributed by atoms with van der Waals surface area (Å²) in [5.74, 6) is -0.475. The highest BCUT2D eigenvalue weighted by Gasteiger charge is 2.19. The lowest BCUT2D eigenvalue weighted by atomic mass is 10.0. The molecule has 1 unspecified atom stereocenters. The van der Waals surface area contributed by atoms with Crippen LogP contribution in [0.5, 0.6) is 0 Å². The van der Waals surface area contributed by atoms with E-state index in [1.807, 2.05) is 30.3 Å². The number of hydrogen-bond donors (Lipinski definition) is 2. The van der Waals surface area contributed by atoms with Gasteiger partial charge in [-0.3, -0.25) is 9.59 Å². The zero-order valence-electron chi connectivity index (χ0n) is 12.2. The maximum Gasteiger partial charge on any atom is 0.308 e. The molecule has 0 aromatic heterocycles. The van der Waals surface area contributed by atoms with Gasteiger partial charge in [0, 0.05) is 0 Å². The van der Waals surface area contributed by atoms with Gasteiger partial charge in [-0.2, -0.15) is 0 Å². The summed E-state index contributed by atoms with van der Waals surface area (Å²) in [6.45, 7) is 3.81. The first-order valence-electron chi connectivity index (χ1n) is 6.71. The molecule has 1 rings (SSSR count). The van der Waals surface area contributed by atoms with Gasteiger partial charge >= 0.3 is 5.97 Å². The first-order chi connectivity index (χ1) is 9.52. The zero-order valence-corrected chi connectivity index (χ0v) is 12.2. The fourth-order valence-corrected chi connectivity index (χ4v) is 1.82. The second-order valence-electron chi connectivity index (χ2n) is 4.80. The van der Waals surface area contributed by atoms with E-state index >= 15 is 0 Å². The van der Waals surface area contributed by atoms with Gasteiger partial charge in [0.2, 0.25) is 5.91 Å². The molecule has 0 saturated heterocycles. The van der Waals surface area contributed by atoms with Gasteiger partial charge in [-0.15, -0.1) is 0 Å². The molecule has 1 atom stereocenters. The molecule has 0 aliphatic carbocycles. The van der Waals surface area contributed by atoms with Crippen LogP contribution in [0.3, 0.4) is 0 Å². The van der Waals surface area contributed by atoms with Gasteiger partial charge in [0.1, 0.15) is 0 Å². The number of nitrogens with one attached hydrogen (secondary N) is 2. The minimum Gasteiger partial charge on any atom is -0.463 e. The van der Waals surface area contributed by atoms with Crippen LogP contribution >= 0.6 is 0 Å². The number of likely N-dealkylation sites (N-methyl/N-ethyl adjacent to an activating group) is 1. The topological polar surface area (TPSA) is 67.4 Å². The Morgan fingerprint density at radius 1 is 1.20 bits per heavy atom. The van der Waals surface area contributed by atoms with Crippen molar-refractivity contribution in [2.45, 2.75) is 32.4 Å². The average molecular weight is 278 g/mol. The molecular weight excluding hydrogens is 256 g/mol. The summed E-state index contributed by atoms with van der Waals surface area (Å²) in [7, 11) is 1.70. The van der Waals surface area contributed by atoms with Crippen LogP contribution in [0.4, 0.5) is 0 Å². The first kappa shape index (κ1) is 16.2. The third-order valence-electron chi connectivity index (χ3n) is 2.61. The van der Waals surface area contributed by atoms with Crippen LogP contribution in [0, 0.1) is 0 Å². The van der Waals surface area contributed by atoms with E-state index in [4.69, 9.17) is 4.74 Å². The molecule has 20 heavy (non-hydrogen) atoms. The first-order valence-corrected chi connectivity index (χ1v) is 6.71. The molecule has 5 nitrogen and oxygen atoms in total. The lowest BCUT2D eigenvalue weighted by Gasteiger charge is -2.19. The van der Waals surface area contributed by atoms with Crippen LogP contribution in [-0.2, 0) is 14.3 Å². The van der Waals surface area contributed by atoms with Crippen LogP contribution < -0.4 is 10.6 Å². The van der Waals surface area contributed by atoms with E-state index in [0.717, 1.165) is 5.56 Å². The summed E-state index contributed by atoms with van der Waals surface area (Å²) in [4.78, 5) is 23.5. The molecule has 1 amide bonds. The number of carbonyl (C=O) groups is 2. The number of rotatable bonds is 7. The third-order valence-corrected chi connectivity index (χ3v) is 2.61. The quantitative estimate of drug-likeness (QED) is 0.740. The standard InChI is InChI=1S/C15H22N2O3/c1-11(2)20-15(19)9-13(17-14(18)10-16-3)12-7-5-4-6-8-12/h4-8,11,13,16H,9-10H2,1-3H3,(H,17,18). The van der Waals surface area contributed by atoms with Gasteiger partial charge in [0.15, 0.2) is 0 Å².